The summed E-state index contributed by atoms with van der Waals surface area (Å²) in [7, 11) is 0. The number of pyridine rings is 1. The highest BCUT2D eigenvalue weighted by Crippen LogP contribution is 2.14. The fourth-order valence-electron chi connectivity index (χ4n) is 1.23. The molecule has 0 aliphatic heterocycles. The first-order valence-corrected chi connectivity index (χ1v) is 6.35. The number of rotatable bonds is 5. The number of nitrogen functional groups attached to an aromatic ring is 1. The highest BCUT2D eigenvalue weighted by Gasteiger charge is 2.03. The Bertz CT molecular complexity index is 315. The third kappa shape index (κ3) is 4.00. The van der Waals surface area contributed by atoms with Crippen molar-refractivity contribution in [3.05, 3.63) is 17.8 Å². The van der Waals surface area contributed by atoms with E-state index in [1.54, 1.807) is 6.20 Å². The van der Waals surface area contributed by atoms with Crippen molar-refractivity contribution in [1.82, 2.24) is 4.98 Å². The summed E-state index contributed by atoms with van der Waals surface area (Å²) in [6.45, 7) is 6.33. The van der Waals surface area contributed by atoms with E-state index >= 15 is 0 Å². The molecule has 84 valence electrons. The van der Waals surface area contributed by atoms with Crippen LogP contribution >= 0.6 is 11.8 Å². The first-order chi connectivity index (χ1) is 7.13. The number of aromatic nitrogens is 1. The molecule has 1 atom stereocenters. The lowest BCUT2D eigenvalue weighted by molar-refractivity contribution is 0.901. The van der Waals surface area contributed by atoms with Crippen molar-refractivity contribution in [1.29, 1.82) is 0 Å². The largest absolute Gasteiger partial charge is 0.397 e. The number of nitrogens with zero attached hydrogens (tertiary/aromatic N) is 1. The zero-order valence-electron chi connectivity index (χ0n) is 9.58. The molecule has 0 bridgehead atoms. The van der Waals surface area contributed by atoms with Crippen molar-refractivity contribution in [3.63, 3.8) is 0 Å². The van der Waals surface area contributed by atoms with E-state index in [1.807, 2.05) is 24.8 Å². The summed E-state index contributed by atoms with van der Waals surface area (Å²) in [5.74, 6) is 3.16. The maximum absolute atomic E-state index is 5.71. The Kier molecular flexibility index (Phi) is 4.75. The van der Waals surface area contributed by atoms with Gasteiger partial charge in [0.05, 0.1) is 11.9 Å². The van der Waals surface area contributed by atoms with Gasteiger partial charge in [-0.25, -0.2) is 4.98 Å². The maximum Gasteiger partial charge on any atom is 0.126 e. The molecule has 0 aliphatic carbocycles. The van der Waals surface area contributed by atoms with Gasteiger partial charge in [-0.3, -0.25) is 0 Å². The SMILES string of the molecule is CCSCC(C)Nc1cc(C)c(N)cn1. The van der Waals surface area contributed by atoms with Gasteiger partial charge in [0.2, 0.25) is 0 Å². The van der Waals surface area contributed by atoms with Crippen LogP contribution in [0.4, 0.5) is 11.5 Å². The van der Waals surface area contributed by atoms with Crippen LogP contribution in [0.15, 0.2) is 12.3 Å². The van der Waals surface area contributed by atoms with Crippen LogP contribution in [0.25, 0.3) is 0 Å². The van der Waals surface area contributed by atoms with Crippen molar-refractivity contribution < 1.29 is 0 Å². The van der Waals surface area contributed by atoms with Gasteiger partial charge in [-0.05, 0) is 31.2 Å². The molecule has 0 aliphatic rings. The average molecular weight is 225 g/mol. The molecule has 0 saturated heterocycles. The van der Waals surface area contributed by atoms with Crippen LogP contribution in [-0.4, -0.2) is 22.5 Å². The summed E-state index contributed by atoms with van der Waals surface area (Å²) in [6.07, 6.45) is 1.71. The number of aryl methyl sites for hydroxylation is 1. The Hall–Kier alpha value is -0.900. The lowest BCUT2D eigenvalue weighted by Crippen LogP contribution is -2.19. The van der Waals surface area contributed by atoms with Gasteiger partial charge >= 0.3 is 0 Å². The van der Waals surface area contributed by atoms with E-state index in [0.29, 0.717) is 6.04 Å². The van der Waals surface area contributed by atoms with Gasteiger partial charge in [0.25, 0.3) is 0 Å². The highest BCUT2D eigenvalue weighted by atomic mass is 32.2. The van der Waals surface area contributed by atoms with Crippen molar-refractivity contribution in [2.75, 3.05) is 22.6 Å². The molecule has 0 spiro atoms. The molecule has 1 unspecified atom stereocenters. The Morgan fingerprint density at radius 2 is 2.33 bits per heavy atom. The fraction of sp³-hybridized carbons (Fsp3) is 0.545. The Morgan fingerprint density at radius 3 is 2.93 bits per heavy atom. The first-order valence-electron chi connectivity index (χ1n) is 5.20. The molecule has 1 aromatic rings. The summed E-state index contributed by atoms with van der Waals surface area (Å²) < 4.78 is 0. The molecular weight excluding hydrogens is 206 g/mol. The standard InChI is InChI=1S/C11H19N3S/c1-4-15-7-9(3)14-11-5-8(2)10(12)6-13-11/h5-6,9H,4,7,12H2,1-3H3,(H,13,14). The number of hydrogen-bond donors (Lipinski definition) is 2. The van der Waals surface area contributed by atoms with Crippen molar-refractivity contribution >= 4 is 23.3 Å². The third-order valence-corrected chi connectivity index (χ3v) is 3.26. The smallest absolute Gasteiger partial charge is 0.126 e. The summed E-state index contributed by atoms with van der Waals surface area (Å²) in [4.78, 5) is 4.24. The second-order valence-corrected chi connectivity index (χ2v) is 4.95. The van der Waals surface area contributed by atoms with E-state index in [9.17, 15) is 0 Å². The predicted molar refractivity (Wildman–Crippen MR) is 69.5 cm³/mol. The molecule has 1 aromatic heterocycles. The molecule has 3 nitrogen and oxygen atoms in total. The summed E-state index contributed by atoms with van der Waals surface area (Å²) in [5.41, 5.74) is 7.52. The van der Waals surface area contributed by atoms with Crippen LogP contribution in [0.5, 0.6) is 0 Å². The van der Waals surface area contributed by atoms with Gasteiger partial charge in [0, 0.05) is 11.8 Å². The van der Waals surface area contributed by atoms with E-state index in [2.05, 4.69) is 24.1 Å². The quantitative estimate of drug-likeness (QED) is 0.808. The summed E-state index contributed by atoms with van der Waals surface area (Å²) >= 11 is 1.93. The molecule has 0 aromatic carbocycles. The second-order valence-electron chi connectivity index (χ2n) is 3.63. The molecule has 15 heavy (non-hydrogen) atoms. The minimum Gasteiger partial charge on any atom is -0.397 e. The lowest BCUT2D eigenvalue weighted by Gasteiger charge is -2.14. The van der Waals surface area contributed by atoms with E-state index in [1.165, 1.54) is 0 Å². The number of thioether (sulfide) groups is 1. The second kappa shape index (κ2) is 5.85. The van der Waals surface area contributed by atoms with E-state index in [0.717, 1.165) is 28.6 Å². The van der Waals surface area contributed by atoms with Crippen LogP contribution in [0.3, 0.4) is 0 Å². The average Bonchev–Trinajstić information content (AvgIpc) is 2.20. The highest BCUT2D eigenvalue weighted by molar-refractivity contribution is 7.99. The van der Waals surface area contributed by atoms with E-state index < -0.39 is 0 Å². The number of hydrogen-bond acceptors (Lipinski definition) is 4. The maximum atomic E-state index is 5.71. The fourth-order valence-corrected chi connectivity index (χ4v) is 1.91. The molecule has 1 heterocycles. The molecule has 1 rings (SSSR count). The molecular formula is C11H19N3S. The van der Waals surface area contributed by atoms with Crippen LogP contribution in [0.1, 0.15) is 19.4 Å². The zero-order chi connectivity index (χ0) is 11.3. The van der Waals surface area contributed by atoms with Crippen LogP contribution in [0, 0.1) is 6.92 Å². The van der Waals surface area contributed by atoms with Gasteiger partial charge in [-0.1, -0.05) is 6.92 Å². The first kappa shape index (κ1) is 12.2. The monoisotopic (exact) mass is 225 g/mol. The number of nitrogens with two attached hydrogens (primary N) is 1. The van der Waals surface area contributed by atoms with E-state index in [-0.39, 0.29) is 0 Å². The van der Waals surface area contributed by atoms with Crippen molar-refractivity contribution in [2.24, 2.45) is 0 Å². The zero-order valence-corrected chi connectivity index (χ0v) is 10.4. The van der Waals surface area contributed by atoms with Crippen LogP contribution < -0.4 is 11.1 Å². The lowest BCUT2D eigenvalue weighted by atomic mass is 10.2. The third-order valence-electron chi connectivity index (χ3n) is 2.12. The summed E-state index contributed by atoms with van der Waals surface area (Å²) in [5, 5.41) is 3.36. The molecule has 3 N–H and O–H groups in total. The van der Waals surface area contributed by atoms with Gasteiger partial charge in [0.1, 0.15) is 5.82 Å². The van der Waals surface area contributed by atoms with E-state index in [4.69, 9.17) is 5.73 Å². The molecule has 0 fully saturated rings. The molecule has 4 heteroatoms. The predicted octanol–water partition coefficient (Wildman–Crippen LogP) is 2.53. The Morgan fingerprint density at radius 1 is 1.60 bits per heavy atom. The minimum absolute atomic E-state index is 0.436. The number of nitrogens with one attached hydrogen (secondary N) is 1. The summed E-state index contributed by atoms with van der Waals surface area (Å²) in [6, 6.07) is 2.42. The van der Waals surface area contributed by atoms with Gasteiger partial charge in [0.15, 0.2) is 0 Å². The number of anilines is 2. The van der Waals surface area contributed by atoms with Crippen molar-refractivity contribution in [3.8, 4) is 0 Å². The van der Waals surface area contributed by atoms with Crippen LogP contribution in [-0.2, 0) is 0 Å². The molecule has 0 amide bonds. The minimum atomic E-state index is 0.436. The molecule has 0 saturated carbocycles. The molecule has 0 radical (unpaired) electrons. The van der Waals surface area contributed by atoms with Gasteiger partial charge in [-0.15, -0.1) is 0 Å². The Labute approximate surface area is 95.9 Å². The normalized spacial score (nSPS) is 12.5. The van der Waals surface area contributed by atoms with Gasteiger partial charge in [-0.2, -0.15) is 11.8 Å². The topological polar surface area (TPSA) is 50.9 Å². The van der Waals surface area contributed by atoms with Crippen LogP contribution in [0.2, 0.25) is 0 Å². The van der Waals surface area contributed by atoms with Gasteiger partial charge < -0.3 is 11.1 Å². The Balaban J connectivity index is 2.53. The van der Waals surface area contributed by atoms with Crippen molar-refractivity contribution in [2.45, 2.75) is 26.8 Å².